The topological polar surface area (TPSA) is 68.0 Å². The molecule has 0 aromatic carbocycles. The van der Waals surface area contributed by atoms with Crippen LogP contribution in [0.15, 0.2) is 29.9 Å². The highest BCUT2D eigenvalue weighted by molar-refractivity contribution is 7.10. The largest absolute Gasteiger partial charge is 0.397 e. The maximum Gasteiger partial charge on any atom is 0.253 e. The van der Waals surface area contributed by atoms with Crippen LogP contribution >= 0.6 is 11.3 Å². The molecule has 0 unspecified atom stereocenters. The standard InChI is InChI=1S/C13H15N3OS/c1-2-9-4-6-18-12(9)8-16-13(17)10-3-5-15-7-11(10)14/h3-7H,2,8,14H2,1H3,(H,16,17). The fourth-order valence-corrected chi connectivity index (χ4v) is 2.62. The lowest BCUT2D eigenvalue weighted by Gasteiger charge is -2.07. The molecule has 0 fully saturated rings. The molecule has 0 aliphatic rings. The number of anilines is 1. The summed E-state index contributed by atoms with van der Waals surface area (Å²) < 4.78 is 0. The molecule has 0 aliphatic carbocycles. The van der Waals surface area contributed by atoms with Crippen molar-refractivity contribution in [2.45, 2.75) is 19.9 Å². The van der Waals surface area contributed by atoms with Crippen molar-refractivity contribution >= 4 is 22.9 Å². The van der Waals surface area contributed by atoms with E-state index < -0.39 is 0 Å². The van der Waals surface area contributed by atoms with Crippen molar-refractivity contribution in [2.24, 2.45) is 0 Å². The maximum absolute atomic E-state index is 11.9. The Bertz CT molecular complexity index is 551. The molecule has 3 N–H and O–H groups in total. The van der Waals surface area contributed by atoms with Gasteiger partial charge in [-0.15, -0.1) is 11.3 Å². The number of nitrogens with one attached hydrogen (secondary N) is 1. The molecule has 0 saturated carbocycles. The molecule has 5 heteroatoms. The number of nitrogens with zero attached hydrogens (tertiary/aromatic N) is 1. The fraction of sp³-hybridized carbons (Fsp3) is 0.231. The van der Waals surface area contributed by atoms with E-state index in [-0.39, 0.29) is 5.91 Å². The van der Waals surface area contributed by atoms with Gasteiger partial charge in [0.15, 0.2) is 0 Å². The van der Waals surface area contributed by atoms with E-state index >= 15 is 0 Å². The van der Waals surface area contributed by atoms with E-state index in [0.717, 1.165) is 6.42 Å². The molecular weight excluding hydrogens is 246 g/mol. The number of amides is 1. The second-order valence-corrected chi connectivity index (χ2v) is 4.87. The second kappa shape index (κ2) is 5.64. The molecule has 0 aliphatic heterocycles. The molecule has 2 heterocycles. The van der Waals surface area contributed by atoms with E-state index in [4.69, 9.17) is 5.73 Å². The summed E-state index contributed by atoms with van der Waals surface area (Å²) in [6.45, 7) is 2.65. The Morgan fingerprint density at radius 1 is 1.50 bits per heavy atom. The molecule has 2 rings (SSSR count). The van der Waals surface area contributed by atoms with E-state index in [1.807, 2.05) is 5.38 Å². The van der Waals surface area contributed by atoms with Gasteiger partial charge in [-0.05, 0) is 29.5 Å². The minimum Gasteiger partial charge on any atom is -0.397 e. The van der Waals surface area contributed by atoms with Crippen molar-refractivity contribution in [3.8, 4) is 0 Å². The van der Waals surface area contributed by atoms with Crippen molar-refractivity contribution < 1.29 is 4.79 Å². The van der Waals surface area contributed by atoms with Gasteiger partial charge >= 0.3 is 0 Å². The summed E-state index contributed by atoms with van der Waals surface area (Å²) in [5.41, 5.74) is 7.86. The second-order valence-electron chi connectivity index (χ2n) is 3.87. The number of nitrogens with two attached hydrogens (primary N) is 1. The Morgan fingerprint density at radius 2 is 2.33 bits per heavy atom. The molecule has 2 aromatic rings. The van der Waals surface area contributed by atoms with Gasteiger partial charge < -0.3 is 11.1 Å². The zero-order valence-electron chi connectivity index (χ0n) is 10.1. The Hall–Kier alpha value is -1.88. The number of carbonyl (C=O) groups is 1. The summed E-state index contributed by atoms with van der Waals surface area (Å²) in [4.78, 5) is 17.0. The molecule has 0 bridgehead atoms. The zero-order valence-corrected chi connectivity index (χ0v) is 11.0. The zero-order chi connectivity index (χ0) is 13.0. The number of hydrogen-bond acceptors (Lipinski definition) is 4. The van der Waals surface area contributed by atoms with Crippen LogP contribution in [0.2, 0.25) is 0 Å². The fourth-order valence-electron chi connectivity index (χ4n) is 1.71. The quantitative estimate of drug-likeness (QED) is 0.886. The average Bonchev–Trinajstić information content (AvgIpc) is 2.84. The molecule has 94 valence electrons. The molecule has 1 amide bonds. The van der Waals surface area contributed by atoms with E-state index in [1.165, 1.54) is 16.6 Å². The van der Waals surface area contributed by atoms with Gasteiger partial charge in [0, 0.05) is 11.1 Å². The number of carbonyl (C=O) groups excluding carboxylic acids is 1. The molecule has 2 aromatic heterocycles. The average molecular weight is 261 g/mol. The van der Waals surface area contributed by atoms with Gasteiger partial charge in [0.2, 0.25) is 0 Å². The van der Waals surface area contributed by atoms with Crippen LogP contribution in [0, 0.1) is 0 Å². The van der Waals surface area contributed by atoms with Gasteiger partial charge in [-0.1, -0.05) is 6.92 Å². The van der Waals surface area contributed by atoms with E-state index in [2.05, 4.69) is 23.3 Å². The molecule has 4 nitrogen and oxygen atoms in total. The smallest absolute Gasteiger partial charge is 0.253 e. The van der Waals surface area contributed by atoms with E-state index in [0.29, 0.717) is 17.8 Å². The van der Waals surface area contributed by atoms with Gasteiger partial charge in [0.25, 0.3) is 5.91 Å². The summed E-state index contributed by atoms with van der Waals surface area (Å²) in [5, 5.41) is 4.92. The lowest BCUT2D eigenvalue weighted by atomic mass is 10.2. The third-order valence-electron chi connectivity index (χ3n) is 2.72. The van der Waals surface area contributed by atoms with Crippen molar-refractivity contribution in [1.82, 2.24) is 10.3 Å². The highest BCUT2D eigenvalue weighted by Crippen LogP contribution is 2.17. The molecule has 0 atom stereocenters. The Balaban J connectivity index is 2.03. The van der Waals surface area contributed by atoms with Crippen LogP contribution in [0.1, 0.15) is 27.7 Å². The lowest BCUT2D eigenvalue weighted by Crippen LogP contribution is -2.23. The number of aromatic nitrogens is 1. The normalized spacial score (nSPS) is 10.3. The van der Waals surface area contributed by atoms with Gasteiger partial charge in [-0.2, -0.15) is 0 Å². The first-order chi connectivity index (χ1) is 8.72. The Morgan fingerprint density at radius 3 is 3.06 bits per heavy atom. The molecule has 18 heavy (non-hydrogen) atoms. The third kappa shape index (κ3) is 2.68. The molecule has 0 radical (unpaired) electrons. The number of pyridine rings is 1. The van der Waals surface area contributed by atoms with Crippen LogP contribution in [0.5, 0.6) is 0 Å². The summed E-state index contributed by atoms with van der Waals surface area (Å²) in [6, 6.07) is 3.72. The van der Waals surface area contributed by atoms with E-state index in [1.54, 1.807) is 23.6 Å². The predicted molar refractivity (Wildman–Crippen MR) is 73.5 cm³/mol. The van der Waals surface area contributed by atoms with Crippen LogP contribution in [-0.4, -0.2) is 10.9 Å². The molecule has 0 saturated heterocycles. The predicted octanol–water partition coefficient (Wildman–Crippen LogP) is 2.22. The van der Waals surface area contributed by atoms with Gasteiger partial charge in [-0.3, -0.25) is 9.78 Å². The van der Waals surface area contributed by atoms with E-state index in [9.17, 15) is 4.79 Å². The summed E-state index contributed by atoms with van der Waals surface area (Å²) in [6.07, 6.45) is 4.03. The number of nitrogen functional groups attached to an aromatic ring is 1. The Labute approximate surface area is 110 Å². The van der Waals surface area contributed by atoms with Crippen LogP contribution < -0.4 is 11.1 Å². The summed E-state index contributed by atoms with van der Waals surface area (Å²) in [7, 11) is 0. The molecular formula is C13H15N3OS. The Kier molecular flexibility index (Phi) is 3.94. The summed E-state index contributed by atoms with van der Waals surface area (Å²) in [5.74, 6) is -0.162. The monoisotopic (exact) mass is 261 g/mol. The number of rotatable bonds is 4. The number of aryl methyl sites for hydroxylation is 1. The first-order valence-corrected chi connectivity index (χ1v) is 6.63. The van der Waals surface area contributed by atoms with Gasteiger partial charge in [-0.25, -0.2) is 0 Å². The van der Waals surface area contributed by atoms with Crippen molar-refractivity contribution in [2.75, 3.05) is 5.73 Å². The highest BCUT2D eigenvalue weighted by atomic mass is 32.1. The third-order valence-corrected chi connectivity index (χ3v) is 3.69. The van der Waals surface area contributed by atoms with Crippen molar-refractivity contribution in [3.63, 3.8) is 0 Å². The minimum absolute atomic E-state index is 0.162. The summed E-state index contributed by atoms with van der Waals surface area (Å²) >= 11 is 1.66. The molecule has 0 spiro atoms. The van der Waals surface area contributed by atoms with Crippen molar-refractivity contribution in [3.05, 3.63) is 45.9 Å². The van der Waals surface area contributed by atoms with Gasteiger partial charge in [0.1, 0.15) is 0 Å². The minimum atomic E-state index is -0.162. The number of thiophene rings is 1. The first kappa shape index (κ1) is 12.6. The van der Waals surface area contributed by atoms with Crippen molar-refractivity contribution in [1.29, 1.82) is 0 Å². The van der Waals surface area contributed by atoms with Crippen LogP contribution in [0.3, 0.4) is 0 Å². The van der Waals surface area contributed by atoms with Crippen LogP contribution in [0.25, 0.3) is 0 Å². The number of hydrogen-bond donors (Lipinski definition) is 2. The lowest BCUT2D eigenvalue weighted by molar-refractivity contribution is 0.0952. The first-order valence-electron chi connectivity index (χ1n) is 5.75. The SMILES string of the molecule is CCc1ccsc1CNC(=O)c1ccncc1N. The van der Waals surface area contributed by atoms with Crippen LogP contribution in [-0.2, 0) is 13.0 Å². The van der Waals surface area contributed by atoms with Gasteiger partial charge in [0.05, 0.1) is 24.0 Å². The maximum atomic E-state index is 11.9. The highest BCUT2D eigenvalue weighted by Gasteiger charge is 2.10. The van der Waals surface area contributed by atoms with Crippen LogP contribution in [0.4, 0.5) is 5.69 Å².